The monoisotopic (exact) mass is 266 g/mol. The van der Waals surface area contributed by atoms with Crippen LogP contribution in [0.4, 0.5) is 0 Å². The fraction of sp³-hybridized carbons (Fsp3) is 0.125. The Bertz CT molecular complexity index is 790. The number of rotatable bonds is 2. The van der Waals surface area contributed by atoms with Crippen LogP contribution in [0.5, 0.6) is 0 Å². The van der Waals surface area contributed by atoms with Crippen LogP contribution in [0.2, 0.25) is 0 Å². The van der Waals surface area contributed by atoms with Crippen LogP contribution < -0.4 is 0 Å². The van der Waals surface area contributed by atoms with Gasteiger partial charge in [-0.05, 0) is 24.6 Å². The van der Waals surface area contributed by atoms with Gasteiger partial charge in [0.1, 0.15) is 5.82 Å². The van der Waals surface area contributed by atoms with Crippen LogP contribution in [-0.4, -0.2) is 22.5 Å². The van der Waals surface area contributed by atoms with Crippen LogP contribution in [0.25, 0.3) is 16.9 Å². The molecule has 0 aliphatic heterocycles. The van der Waals surface area contributed by atoms with Gasteiger partial charge >= 0.3 is 5.97 Å². The van der Waals surface area contributed by atoms with Gasteiger partial charge in [-0.15, -0.1) is 0 Å². The Morgan fingerprint density at radius 1 is 1.20 bits per heavy atom. The van der Waals surface area contributed by atoms with Gasteiger partial charge in [0.2, 0.25) is 0 Å². The fourth-order valence-corrected chi connectivity index (χ4v) is 2.33. The van der Waals surface area contributed by atoms with Crippen LogP contribution in [0, 0.1) is 6.92 Å². The maximum absolute atomic E-state index is 11.8. The highest BCUT2D eigenvalue weighted by Crippen LogP contribution is 2.24. The average molecular weight is 266 g/mol. The first-order valence-electron chi connectivity index (χ1n) is 6.33. The zero-order chi connectivity index (χ0) is 14.1. The Balaban J connectivity index is 2.26. The van der Waals surface area contributed by atoms with Crippen LogP contribution in [0.15, 0.2) is 48.8 Å². The van der Waals surface area contributed by atoms with Crippen molar-refractivity contribution >= 4 is 11.5 Å². The van der Waals surface area contributed by atoms with Crippen LogP contribution >= 0.6 is 0 Å². The van der Waals surface area contributed by atoms with Crippen molar-refractivity contribution in [2.45, 2.75) is 6.92 Å². The number of carbonyl (C=O) groups is 1. The van der Waals surface area contributed by atoms with E-state index in [0.717, 1.165) is 22.5 Å². The van der Waals surface area contributed by atoms with Gasteiger partial charge in [0.05, 0.1) is 24.4 Å². The van der Waals surface area contributed by atoms with E-state index in [1.807, 2.05) is 47.9 Å². The number of pyridine rings is 1. The van der Waals surface area contributed by atoms with E-state index >= 15 is 0 Å². The minimum absolute atomic E-state index is 0.355. The summed E-state index contributed by atoms with van der Waals surface area (Å²) in [6, 6.07) is 11.6. The van der Waals surface area contributed by atoms with Crippen LogP contribution in [-0.2, 0) is 4.74 Å². The number of imidazole rings is 1. The van der Waals surface area contributed by atoms with E-state index in [0.29, 0.717) is 5.56 Å². The number of fused-ring (bicyclic) bond motifs is 1. The Morgan fingerprint density at radius 3 is 2.75 bits per heavy atom. The zero-order valence-electron chi connectivity index (χ0n) is 11.3. The van der Waals surface area contributed by atoms with E-state index in [-0.39, 0.29) is 5.97 Å². The molecule has 0 atom stereocenters. The average Bonchev–Trinajstić information content (AvgIpc) is 2.90. The normalized spacial score (nSPS) is 10.7. The second kappa shape index (κ2) is 4.81. The first-order valence-corrected chi connectivity index (χ1v) is 6.33. The summed E-state index contributed by atoms with van der Waals surface area (Å²) in [5.41, 5.74) is 3.46. The summed E-state index contributed by atoms with van der Waals surface area (Å²) in [5.74, 6) is 0.468. The highest BCUT2D eigenvalue weighted by atomic mass is 16.5. The molecule has 1 aromatic carbocycles. The summed E-state index contributed by atoms with van der Waals surface area (Å²) < 4.78 is 6.71. The number of hydrogen-bond acceptors (Lipinski definition) is 3. The Hall–Kier alpha value is -2.62. The van der Waals surface area contributed by atoms with Crippen molar-refractivity contribution in [2.75, 3.05) is 7.11 Å². The van der Waals surface area contributed by atoms with E-state index in [4.69, 9.17) is 4.74 Å². The number of carbonyl (C=O) groups excluding carboxylic acids is 1. The summed E-state index contributed by atoms with van der Waals surface area (Å²) in [4.78, 5) is 16.2. The molecule has 0 bridgehead atoms. The molecule has 3 aromatic rings. The van der Waals surface area contributed by atoms with Crippen molar-refractivity contribution in [3.05, 3.63) is 59.9 Å². The third-order valence-corrected chi connectivity index (χ3v) is 3.36. The van der Waals surface area contributed by atoms with E-state index in [1.54, 1.807) is 12.3 Å². The van der Waals surface area contributed by atoms with Gasteiger partial charge in [-0.25, -0.2) is 9.78 Å². The number of benzene rings is 1. The number of ether oxygens (including phenoxy) is 1. The molecule has 3 rings (SSSR count). The molecule has 0 saturated carbocycles. The molecule has 100 valence electrons. The molecule has 2 heterocycles. The van der Waals surface area contributed by atoms with Crippen molar-refractivity contribution in [3.63, 3.8) is 0 Å². The molecule has 2 aromatic heterocycles. The molecule has 4 nitrogen and oxygen atoms in total. The van der Waals surface area contributed by atoms with E-state index < -0.39 is 0 Å². The maximum Gasteiger partial charge on any atom is 0.340 e. The van der Waals surface area contributed by atoms with Gasteiger partial charge in [-0.2, -0.15) is 0 Å². The van der Waals surface area contributed by atoms with Gasteiger partial charge in [0.25, 0.3) is 0 Å². The number of nitrogens with zero attached hydrogens (tertiary/aromatic N) is 2. The van der Waals surface area contributed by atoms with Crippen LogP contribution in [0.1, 0.15) is 15.9 Å². The lowest BCUT2D eigenvalue weighted by atomic mass is 10.1. The van der Waals surface area contributed by atoms with E-state index in [9.17, 15) is 4.79 Å². The Kier molecular flexibility index (Phi) is 2.99. The summed E-state index contributed by atoms with van der Waals surface area (Å²) in [5, 5.41) is 0. The third kappa shape index (κ3) is 1.86. The van der Waals surface area contributed by atoms with E-state index in [2.05, 4.69) is 4.98 Å². The fourth-order valence-electron chi connectivity index (χ4n) is 2.33. The standard InChI is InChI=1S/C16H14N2O2/c1-11-6-3-4-7-12(11)15-17-10-14-13(16(19)20-2)8-5-9-18(14)15/h3-10H,1-2H3. The number of hydrogen-bond donors (Lipinski definition) is 0. The number of aromatic nitrogens is 2. The first kappa shape index (κ1) is 12.4. The molecule has 0 fully saturated rings. The minimum atomic E-state index is -0.355. The predicted octanol–water partition coefficient (Wildman–Crippen LogP) is 3.10. The molecular weight excluding hydrogens is 252 g/mol. The van der Waals surface area contributed by atoms with Crippen molar-refractivity contribution < 1.29 is 9.53 Å². The Morgan fingerprint density at radius 2 is 2.00 bits per heavy atom. The lowest BCUT2D eigenvalue weighted by Crippen LogP contribution is -2.03. The molecule has 0 amide bonds. The smallest absolute Gasteiger partial charge is 0.340 e. The lowest BCUT2D eigenvalue weighted by molar-refractivity contribution is 0.0602. The predicted molar refractivity (Wildman–Crippen MR) is 76.7 cm³/mol. The summed E-state index contributed by atoms with van der Waals surface area (Å²) in [6.45, 7) is 2.04. The van der Waals surface area contributed by atoms with Gasteiger partial charge in [-0.3, -0.25) is 4.40 Å². The molecule has 20 heavy (non-hydrogen) atoms. The minimum Gasteiger partial charge on any atom is -0.465 e. The second-order valence-corrected chi connectivity index (χ2v) is 4.57. The Labute approximate surface area is 116 Å². The lowest BCUT2D eigenvalue weighted by Gasteiger charge is -2.06. The van der Waals surface area contributed by atoms with Gasteiger partial charge in [0.15, 0.2) is 0 Å². The van der Waals surface area contributed by atoms with Crippen molar-refractivity contribution in [3.8, 4) is 11.4 Å². The summed E-state index contributed by atoms with van der Waals surface area (Å²) >= 11 is 0. The van der Waals surface area contributed by atoms with Gasteiger partial charge < -0.3 is 4.74 Å². The molecule has 4 heteroatoms. The van der Waals surface area contributed by atoms with Gasteiger partial charge in [-0.1, -0.05) is 24.3 Å². The highest BCUT2D eigenvalue weighted by Gasteiger charge is 2.14. The topological polar surface area (TPSA) is 43.6 Å². The first-order chi connectivity index (χ1) is 9.72. The number of aryl methyl sites for hydroxylation is 1. The third-order valence-electron chi connectivity index (χ3n) is 3.36. The highest BCUT2D eigenvalue weighted by molar-refractivity contribution is 5.97. The quantitative estimate of drug-likeness (QED) is 0.669. The van der Waals surface area contributed by atoms with Crippen molar-refractivity contribution in [1.82, 2.24) is 9.38 Å². The summed E-state index contributed by atoms with van der Waals surface area (Å²) in [7, 11) is 1.38. The molecule has 0 unspecified atom stereocenters. The molecule has 0 spiro atoms. The van der Waals surface area contributed by atoms with E-state index in [1.165, 1.54) is 7.11 Å². The SMILES string of the molecule is COC(=O)c1cccn2c(-c3ccccc3C)ncc12. The number of methoxy groups -OCH3 is 1. The maximum atomic E-state index is 11.8. The van der Waals surface area contributed by atoms with Gasteiger partial charge in [0, 0.05) is 11.8 Å². The molecule has 0 N–H and O–H groups in total. The molecular formula is C16H14N2O2. The molecule has 0 aliphatic rings. The molecule has 0 radical (unpaired) electrons. The summed E-state index contributed by atoms with van der Waals surface area (Å²) in [6.07, 6.45) is 3.60. The molecule has 0 saturated heterocycles. The van der Waals surface area contributed by atoms with Crippen molar-refractivity contribution in [1.29, 1.82) is 0 Å². The second-order valence-electron chi connectivity index (χ2n) is 4.57. The zero-order valence-corrected chi connectivity index (χ0v) is 11.3. The van der Waals surface area contributed by atoms with Crippen molar-refractivity contribution in [2.24, 2.45) is 0 Å². The largest absolute Gasteiger partial charge is 0.465 e. The van der Waals surface area contributed by atoms with Crippen LogP contribution in [0.3, 0.4) is 0 Å². The molecule has 0 aliphatic carbocycles. The number of esters is 1.